The first-order valence-corrected chi connectivity index (χ1v) is 3.77. The summed E-state index contributed by atoms with van der Waals surface area (Å²) in [6.45, 7) is 0. The SMILES string of the molecule is Nc1cnc(NC2CC2=O)nc1O. The molecule has 4 N–H and O–H groups in total. The lowest BCUT2D eigenvalue weighted by atomic mass is 10.5. The molecule has 1 unspecified atom stereocenters. The molecule has 13 heavy (non-hydrogen) atoms. The molecular formula is C7H8N4O2. The van der Waals surface area contributed by atoms with E-state index in [-0.39, 0.29) is 29.3 Å². The quantitative estimate of drug-likeness (QED) is 0.568. The molecule has 68 valence electrons. The summed E-state index contributed by atoms with van der Waals surface area (Å²) in [7, 11) is 0. The number of carbonyl (C=O) groups excluding carboxylic acids is 1. The number of aromatic nitrogens is 2. The highest BCUT2D eigenvalue weighted by Crippen LogP contribution is 2.21. The normalized spacial score (nSPS) is 20.0. The highest BCUT2D eigenvalue weighted by molar-refractivity contribution is 6.02. The third-order valence-electron chi connectivity index (χ3n) is 1.73. The van der Waals surface area contributed by atoms with Crippen LogP contribution in [0.25, 0.3) is 0 Å². The molecular weight excluding hydrogens is 172 g/mol. The highest BCUT2D eigenvalue weighted by Gasteiger charge is 2.35. The zero-order valence-electron chi connectivity index (χ0n) is 6.69. The third-order valence-corrected chi connectivity index (χ3v) is 1.73. The summed E-state index contributed by atoms with van der Waals surface area (Å²) >= 11 is 0. The van der Waals surface area contributed by atoms with Gasteiger partial charge in [-0.25, -0.2) is 4.98 Å². The van der Waals surface area contributed by atoms with Gasteiger partial charge in [-0.1, -0.05) is 0 Å². The lowest BCUT2D eigenvalue weighted by Gasteiger charge is -2.01. The second-order valence-corrected chi connectivity index (χ2v) is 2.84. The number of nitrogen functional groups attached to an aromatic ring is 1. The van der Waals surface area contributed by atoms with Gasteiger partial charge in [-0.3, -0.25) is 4.79 Å². The van der Waals surface area contributed by atoms with Crippen molar-refractivity contribution in [2.75, 3.05) is 11.1 Å². The van der Waals surface area contributed by atoms with Crippen molar-refractivity contribution in [2.24, 2.45) is 0 Å². The predicted molar refractivity (Wildman–Crippen MR) is 45.1 cm³/mol. The van der Waals surface area contributed by atoms with E-state index in [9.17, 15) is 4.79 Å². The fourth-order valence-electron chi connectivity index (χ4n) is 0.881. The molecule has 0 amide bonds. The Hall–Kier alpha value is -1.85. The molecule has 1 atom stereocenters. The van der Waals surface area contributed by atoms with E-state index in [1.807, 2.05) is 0 Å². The summed E-state index contributed by atoms with van der Waals surface area (Å²) in [6, 6.07) is -0.192. The number of aromatic hydroxyl groups is 1. The van der Waals surface area contributed by atoms with E-state index in [0.717, 1.165) is 0 Å². The summed E-state index contributed by atoms with van der Waals surface area (Å²) in [5.74, 6) is 0.0769. The molecule has 0 radical (unpaired) electrons. The van der Waals surface area contributed by atoms with Crippen molar-refractivity contribution in [1.82, 2.24) is 9.97 Å². The summed E-state index contributed by atoms with van der Waals surface area (Å²) < 4.78 is 0. The number of carbonyl (C=O) groups is 1. The van der Waals surface area contributed by atoms with Crippen LogP contribution in [0.5, 0.6) is 5.88 Å². The Balaban J connectivity index is 2.13. The third kappa shape index (κ3) is 1.51. The molecule has 1 aliphatic carbocycles. The molecule has 1 aromatic heterocycles. The molecule has 1 aromatic rings. The van der Waals surface area contributed by atoms with E-state index in [4.69, 9.17) is 10.8 Å². The van der Waals surface area contributed by atoms with Crippen LogP contribution in [-0.2, 0) is 4.79 Å². The van der Waals surface area contributed by atoms with Gasteiger partial charge in [0.1, 0.15) is 5.69 Å². The van der Waals surface area contributed by atoms with Crippen molar-refractivity contribution in [2.45, 2.75) is 12.5 Å². The number of ketones is 1. The van der Waals surface area contributed by atoms with Crippen molar-refractivity contribution in [3.8, 4) is 5.88 Å². The predicted octanol–water partition coefficient (Wildman–Crippen LogP) is -0.482. The summed E-state index contributed by atoms with van der Waals surface area (Å²) in [6.07, 6.45) is 1.78. The average molecular weight is 180 g/mol. The Kier molecular flexibility index (Phi) is 1.54. The largest absolute Gasteiger partial charge is 0.492 e. The number of hydrogen-bond acceptors (Lipinski definition) is 6. The number of nitrogens with zero attached hydrogens (tertiary/aromatic N) is 2. The molecule has 1 heterocycles. The lowest BCUT2D eigenvalue weighted by Crippen LogP contribution is -2.08. The summed E-state index contributed by atoms with van der Waals surface area (Å²) in [4.78, 5) is 18.1. The van der Waals surface area contributed by atoms with Crippen molar-refractivity contribution >= 4 is 17.4 Å². The van der Waals surface area contributed by atoms with E-state index in [1.165, 1.54) is 6.20 Å². The molecule has 6 nitrogen and oxygen atoms in total. The molecule has 0 saturated heterocycles. The first-order valence-electron chi connectivity index (χ1n) is 3.77. The standard InChI is InChI=1S/C7H8N4O2/c8-3-2-9-7(11-6(3)13)10-4-1-5(4)12/h2,4H,1,8H2,(H2,9,10,11,13). The Morgan fingerprint density at radius 2 is 2.38 bits per heavy atom. The summed E-state index contributed by atoms with van der Waals surface area (Å²) in [5, 5.41) is 11.8. The van der Waals surface area contributed by atoms with Gasteiger partial charge in [0.2, 0.25) is 11.8 Å². The van der Waals surface area contributed by atoms with Crippen LogP contribution in [0.15, 0.2) is 6.20 Å². The van der Waals surface area contributed by atoms with Crippen LogP contribution in [0.3, 0.4) is 0 Å². The van der Waals surface area contributed by atoms with E-state index >= 15 is 0 Å². The number of hydrogen-bond donors (Lipinski definition) is 3. The molecule has 1 aliphatic rings. The van der Waals surface area contributed by atoms with E-state index in [2.05, 4.69) is 15.3 Å². The topological polar surface area (TPSA) is 101 Å². The Labute approximate surface area is 73.8 Å². The fraction of sp³-hybridized carbons (Fsp3) is 0.286. The minimum Gasteiger partial charge on any atom is -0.492 e. The summed E-state index contributed by atoms with van der Waals surface area (Å²) in [5.41, 5.74) is 5.41. The smallest absolute Gasteiger partial charge is 0.239 e. The van der Waals surface area contributed by atoms with Gasteiger partial charge in [0.25, 0.3) is 0 Å². The number of Topliss-reactive ketones (excluding diaryl/α,β-unsaturated/α-hetero) is 1. The van der Waals surface area contributed by atoms with E-state index < -0.39 is 0 Å². The molecule has 0 bridgehead atoms. The average Bonchev–Trinajstić information content (AvgIpc) is 2.75. The second kappa shape index (κ2) is 2.58. The zero-order chi connectivity index (χ0) is 9.42. The van der Waals surface area contributed by atoms with Crippen LogP contribution in [0.2, 0.25) is 0 Å². The van der Waals surface area contributed by atoms with Gasteiger partial charge in [0, 0.05) is 6.42 Å². The van der Waals surface area contributed by atoms with Crippen LogP contribution >= 0.6 is 0 Å². The van der Waals surface area contributed by atoms with Crippen molar-refractivity contribution in [3.05, 3.63) is 6.20 Å². The molecule has 2 rings (SSSR count). The maximum atomic E-state index is 10.6. The maximum absolute atomic E-state index is 10.6. The minimum atomic E-state index is -0.273. The second-order valence-electron chi connectivity index (χ2n) is 2.84. The molecule has 1 saturated carbocycles. The molecule has 6 heteroatoms. The maximum Gasteiger partial charge on any atom is 0.239 e. The van der Waals surface area contributed by atoms with Gasteiger partial charge < -0.3 is 16.2 Å². The van der Waals surface area contributed by atoms with Crippen LogP contribution in [0.1, 0.15) is 6.42 Å². The van der Waals surface area contributed by atoms with Crippen LogP contribution in [0, 0.1) is 0 Å². The number of anilines is 2. The van der Waals surface area contributed by atoms with Crippen molar-refractivity contribution in [1.29, 1.82) is 0 Å². The number of nitrogens with two attached hydrogens (primary N) is 1. The van der Waals surface area contributed by atoms with Crippen LogP contribution in [0.4, 0.5) is 11.6 Å². The highest BCUT2D eigenvalue weighted by atomic mass is 16.3. The fourth-order valence-corrected chi connectivity index (χ4v) is 0.881. The van der Waals surface area contributed by atoms with Gasteiger partial charge in [-0.15, -0.1) is 0 Å². The van der Waals surface area contributed by atoms with Crippen molar-refractivity contribution < 1.29 is 9.90 Å². The van der Waals surface area contributed by atoms with Crippen LogP contribution < -0.4 is 11.1 Å². The zero-order valence-corrected chi connectivity index (χ0v) is 6.69. The molecule has 0 aliphatic heterocycles. The van der Waals surface area contributed by atoms with Gasteiger partial charge in [-0.05, 0) is 0 Å². The number of nitrogens with one attached hydrogen (secondary N) is 1. The monoisotopic (exact) mass is 180 g/mol. The molecule has 1 fully saturated rings. The van der Waals surface area contributed by atoms with Gasteiger partial charge in [0.15, 0.2) is 5.78 Å². The van der Waals surface area contributed by atoms with E-state index in [0.29, 0.717) is 6.42 Å². The first kappa shape index (κ1) is 7.78. The Bertz CT molecular complexity index is 366. The Morgan fingerprint density at radius 3 is 2.92 bits per heavy atom. The Morgan fingerprint density at radius 1 is 1.69 bits per heavy atom. The van der Waals surface area contributed by atoms with Crippen molar-refractivity contribution in [3.63, 3.8) is 0 Å². The van der Waals surface area contributed by atoms with Gasteiger partial charge in [-0.2, -0.15) is 4.98 Å². The minimum absolute atomic E-state index is 0.118. The first-order chi connectivity index (χ1) is 6.16. The molecule has 0 aromatic carbocycles. The van der Waals surface area contributed by atoms with Gasteiger partial charge in [0.05, 0.1) is 12.2 Å². The van der Waals surface area contributed by atoms with E-state index in [1.54, 1.807) is 0 Å². The lowest BCUT2D eigenvalue weighted by molar-refractivity contribution is -0.110. The number of rotatable bonds is 2. The van der Waals surface area contributed by atoms with Gasteiger partial charge >= 0.3 is 0 Å². The molecule has 0 spiro atoms. The van der Waals surface area contributed by atoms with Crippen LogP contribution in [-0.4, -0.2) is 26.9 Å².